The molecule has 21 heavy (non-hydrogen) atoms. The van der Waals surface area contributed by atoms with E-state index in [9.17, 15) is 9.18 Å². The van der Waals surface area contributed by atoms with E-state index in [4.69, 9.17) is 0 Å². The van der Waals surface area contributed by atoms with E-state index in [2.05, 4.69) is 20.8 Å². The van der Waals surface area contributed by atoms with Gasteiger partial charge in [-0.15, -0.1) is 0 Å². The van der Waals surface area contributed by atoms with Crippen LogP contribution in [0.2, 0.25) is 0 Å². The van der Waals surface area contributed by atoms with Crippen LogP contribution in [0.15, 0.2) is 24.3 Å². The highest BCUT2D eigenvalue weighted by Crippen LogP contribution is 2.27. The third-order valence-electron chi connectivity index (χ3n) is 4.53. The van der Waals surface area contributed by atoms with Gasteiger partial charge in [-0.05, 0) is 80.1 Å². The Morgan fingerprint density at radius 1 is 0.905 bits per heavy atom. The fourth-order valence-electron chi connectivity index (χ4n) is 2.84. The molecule has 0 atom stereocenters. The number of rotatable bonds is 3. The van der Waals surface area contributed by atoms with Crippen molar-refractivity contribution in [3.63, 3.8) is 0 Å². The number of halogens is 1. The molecule has 0 aromatic heterocycles. The molecule has 2 aromatic rings. The van der Waals surface area contributed by atoms with Gasteiger partial charge < -0.3 is 0 Å². The van der Waals surface area contributed by atoms with Crippen LogP contribution in [-0.4, -0.2) is 5.78 Å². The van der Waals surface area contributed by atoms with Gasteiger partial charge in [-0.2, -0.15) is 0 Å². The Hall–Kier alpha value is -1.96. The molecule has 2 rings (SSSR count). The van der Waals surface area contributed by atoms with Crippen LogP contribution in [0.25, 0.3) is 0 Å². The number of carbonyl (C=O) groups is 1. The Morgan fingerprint density at radius 2 is 1.43 bits per heavy atom. The highest BCUT2D eigenvalue weighted by atomic mass is 19.1. The van der Waals surface area contributed by atoms with E-state index < -0.39 is 0 Å². The summed E-state index contributed by atoms with van der Waals surface area (Å²) in [4.78, 5) is 12.7. The molecule has 0 aliphatic rings. The number of carbonyl (C=O) groups excluding carboxylic acids is 1. The summed E-state index contributed by atoms with van der Waals surface area (Å²) >= 11 is 0. The SMILES string of the molecule is Cc1c(C)c(C)c(C(=O)Cc2cccc(F)c2)c(C)c1C. The quantitative estimate of drug-likeness (QED) is 0.740. The smallest absolute Gasteiger partial charge is 0.167 e. The molecule has 0 amide bonds. The van der Waals surface area contributed by atoms with Crippen LogP contribution in [0.5, 0.6) is 0 Å². The second-order valence-electron chi connectivity index (χ2n) is 5.73. The average Bonchev–Trinajstić information content (AvgIpc) is 2.43. The van der Waals surface area contributed by atoms with Crippen LogP contribution < -0.4 is 0 Å². The van der Waals surface area contributed by atoms with Crippen molar-refractivity contribution in [2.24, 2.45) is 0 Å². The Balaban J connectivity index is 2.45. The molecule has 2 heteroatoms. The third-order valence-corrected chi connectivity index (χ3v) is 4.53. The average molecular weight is 284 g/mol. The van der Waals surface area contributed by atoms with Gasteiger partial charge >= 0.3 is 0 Å². The van der Waals surface area contributed by atoms with E-state index in [0.29, 0.717) is 0 Å². The van der Waals surface area contributed by atoms with Crippen molar-refractivity contribution in [3.8, 4) is 0 Å². The van der Waals surface area contributed by atoms with E-state index in [1.54, 1.807) is 12.1 Å². The number of hydrogen-bond acceptors (Lipinski definition) is 1. The summed E-state index contributed by atoms with van der Waals surface area (Å²) in [7, 11) is 0. The monoisotopic (exact) mass is 284 g/mol. The predicted molar refractivity (Wildman–Crippen MR) is 84.6 cm³/mol. The first-order chi connectivity index (χ1) is 9.82. The van der Waals surface area contributed by atoms with Gasteiger partial charge in [0.25, 0.3) is 0 Å². The maximum absolute atomic E-state index is 13.2. The molecule has 0 aliphatic heterocycles. The Bertz CT molecular complexity index is 685. The van der Waals surface area contributed by atoms with Crippen molar-refractivity contribution in [1.29, 1.82) is 0 Å². The summed E-state index contributed by atoms with van der Waals surface area (Å²) in [6.45, 7) is 10.2. The molecule has 0 spiro atoms. The first-order valence-corrected chi connectivity index (χ1v) is 7.17. The van der Waals surface area contributed by atoms with Crippen molar-refractivity contribution in [2.45, 2.75) is 41.0 Å². The van der Waals surface area contributed by atoms with E-state index in [0.717, 1.165) is 22.3 Å². The highest BCUT2D eigenvalue weighted by molar-refractivity contribution is 6.00. The van der Waals surface area contributed by atoms with Gasteiger partial charge in [0.05, 0.1) is 0 Å². The number of benzene rings is 2. The zero-order valence-electron chi connectivity index (χ0n) is 13.3. The van der Waals surface area contributed by atoms with Crippen molar-refractivity contribution < 1.29 is 9.18 Å². The van der Waals surface area contributed by atoms with Gasteiger partial charge in [0.1, 0.15) is 5.82 Å². The Morgan fingerprint density at radius 3 is 1.95 bits per heavy atom. The standard InChI is InChI=1S/C19H21FO/c1-11-12(2)14(4)19(15(5)13(11)3)18(21)10-16-7-6-8-17(20)9-16/h6-9H,10H2,1-5H3. The third kappa shape index (κ3) is 2.90. The molecule has 0 fully saturated rings. The van der Waals surface area contributed by atoms with Crippen LogP contribution >= 0.6 is 0 Å². The lowest BCUT2D eigenvalue weighted by Crippen LogP contribution is -2.12. The lowest BCUT2D eigenvalue weighted by atomic mass is 9.86. The van der Waals surface area contributed by atoms with Crippen LogP contribution in [0, 0.1) is 40.4 Å². The molecule has 0 saturated carbocycles. The maximum atomic E-state index is 13.2. The first-order valence-electron chi connectivity index (χ1n) is 7.17. The second kappa shape index (κ2) is 5.80. The second-order valence-corrected chi connectivity index (χ2v) is 5.73. The molecule has 2 aromatic carbocycles. The van der Waals surface area contributed by atoms with Crippen LogP contribution in [-0.2, 0) is 6.42 Å². The minimum Gasteiger partial charge on any atom is -0.294 e. The van der Waals surface area contributed by atoms with Gasteiger partial charge in [-0.25, -0.2) is 4.39 Å². The molecular weight excluding hydrogens is 263 g/mol. The lowest BCUT2D eigenvalue weighted by molar-refractivity contribution is 0.0991. The lowest BCUT2D eigenvalue weighted by Gasteiger charge is -2.18. The summed E-state index contributed by atoms with van der Waals surface area (Å²) in [6, 6.07) is 6.25. The number of ketones is 1. The van der Waals surface area contributed by atoms with E-state index in [-0.39, 0.29) is 18.0 Å². The fraction of sp³-hybridized carbons (Fsp3) is 0.316. The Kier molecular flexibility index (Phi) is 4.26. The topological polar surface area (TPSA) is 17.1 Å². The molecule has 0 N–H and O–H groups in total. The van der Waals surface area contributed by atoms with Crippen molar-refractivity contribution in [1.82, 2.24) is 0 Å². The molecule has 1 nitrogen and oxygen atoms in total. The summed E-state index contributed by atoms with van der Waals surface area (Å²) in [5, 5.41) is 0. The van der Waals surface area contributed by atoms with E-state index >= 15 is 0 Å². The van der Waals surface area contributed by atoms with Crippen LogP contribution in [0.4, 0.5) is 4.39 Å². The van der Waals surface area contributed by atoms with Gasteiger partial charge in [0.15, 0.2) is 5.78 Å². The van der Waals surface area contributed by atoms with Crippen molar-refractivity contribution in [2.75, 3.05) is 0 Å². The normalized spacial score (nSPS) is 10.8. The van der Waals surface area contributed by atoms with Gasteiger partial charge in [-0.3, -0.25) is 4.79 Å². The molecule has 0 bridgehead atoms. The largest absolute Gasteiger partial charge is 0.294 e. The minimum absolute atomic E-state index is 0.0572. The van der Waals surface area contributed by atoms with Crippen molar-refractivity contribution >= 4 is 5.78 Å². The number of hydrogen-bond donors (Lipinski definition) is 0. The molecule has 110 valence electrons. The summed E-state index contributed by atoms with van der Waals surface area (Å²) < 4.78 is 13.2. The predicted octanol–water partition coefficient (Wildman–Crippen LogP) is 4.79. The van der Waals surface area contributed by atoms with E-state index in [1.807, 2.05) is 13.8 Å². The van der Waals surface area contributed by atoms with Gasteiger partial charge in [0, 0.05) is 12.0 Å². The molecule has 0 heterocycles. The zero-order chi connectivity index (χ0) is 15.7. The molecule has 0 aliphatic carbocycles. The van der Waals surface area contributed by atoms with Crippen LogP contribution in [0.3, 0.4) is 0 Å². The summed E-state index contributed by atoms with van der Waals surface area (Å²) in [5.41, 5.74) is 7.16. The molecule has 0 saturated heterocycles. The first kappa shape index (κ1) is 15.4. The van der Waals surface area contributed by atoms with Crippen molar-refractivity contribution in [3.05, 3.63) is 69.0 Å². The fourth-order valence-corrected chi connectivity index (χ4v) is 2.84. The summed E-state index contributed by atoms with van der Waals surface area (Å²) in [5.74, 6) is -0.244. The molecule has 0 unspecified atom stereocenters. The highest BCUT2D eigenvalue weighted by Gasteiger charge is 2.18. The van der Waals surface area contributed by atoms with Gasteiger partial charge in [0.2, 0.25) is 0 Å². The minimum atomic E-state index is -0.301. The summed E-state index contributed by atoms with van der Waals surface area (Å²) in [6.07, 6.45) is 0.237. The Labute approximate surface area is 125 Å². The van der Waals surface area contributed by atoms with Gasteiger partial charge in [-0.1, -0.05) is 12.1 Å². The zero-order valence-corrected chi connectivity index (χ0v) is 13.3. The molecular formula is C19H21FO. The van der Waals surface area contributed by atoms with Crippen LogP contribution in [0.1, 0.15) is 43.7 Å². The van der Waals surface area contributed by atoms with E-state index in [1.165, 1.54) is 28.8 Å². The number of Topliss-reactive ketones (excluding diaryl/α,β-unsaturated/α-hetero) is 1. The maximum Gasteiger partial charge on any atom is 0.167 e. The molecule has 0 radical (unpaired) electrons.